The van der Waals surface area contributed by atoms with E-state index in [9.17, 15) is 158 Å². The minimum Gasteiger partial charge on any atom is -0.860 e. The number of methoxy groups -OCH3 is 2. The first-order valence-electron chi connectivity index (χ1n) is 27.9. The third-order valence-corrected chi connectivity index (χ3v) is 17.3. The SMILES string of the molecule is CO[C@H]1O[C@H](C(=O)[O-])[C@H](O[C@@H]2O[C@@H](COS(=O)(=O)O)[C@H](OCC([O-])=NCCN(CCN=C([O-])CO[C@@H]3[C@@H](O)[C@H](NS(=O)(=O)O)[C@H](O[C@H]4C(C(=O)[O-])O[C@H](OC)[C@@H](OS(=O)(=O)O)[C@@H]4O)O[C@@H]3COS(=O)(=O)O)C(=O)CO[C@@H]3[C@@H](O)[C@H](O)[C@@H](O)O[C@@H]3C(=O)[O-])[C@H](O)[C@H]2NS(=O)(=O)[O-])[C@@H](O)[C@@H]1OS(=O)(=O)O.[Na+].[Na+].[Na+].[Na+].[Na+].[Na+]. The van der Waals surface area contributed by atoms with Gasteiger partial charge in [0.25, 0.3) is 0 Å². The first-order chi connectivity index (χ1) is 47.3. The maximum atomic E-state index is 13.8. The molecule has 0 saturated carbocycles. The largest absolute Gasteiger partial charge is 1.00 e. The number of carboxylic acid groups (broad SMARTS) is 3. The molecule has 0 aromatic carbocycles. The zero-order chi connectivity index (χ0) is 78.0. The van der Waals surface area contributed by atoms with Crippen LogP contribution in [0.15, 0.2) is 9.98 Å². The molecular formula is C42H63N5Na6O50S6. The van der Waals surface area contributed by atoms with Crippen molar-refractivity contribution in [1.29, 1.82) is 0 Å². The first-order valence-corrected chi connectivity index (χ1v) is 36.2. The Morgan fingerprint density at radius 3 is 1.10 bits per heavy atom. The summed E-state index contributed by atoms with van der Waals surface area (Å²) >= 11 is 0. The topological polar surface area (TPSA) is 854 Å². The molecule has 0 radical (unpaired) electrons. The molecule has 14 N–H and O–H groups in total. The van der Waals surface area contributed by atoms with Crippen molar-refractivity contribution in [2.75, 3.05) is 73.4 Å². The van der Waals surface area contributed by atoms with Gasteiger partial charge in [-0.05, 0) is 11.8 Å². The molecular weight excluding hydrogens is 1700 g/mol. The van der Waals surface area contributed by atoms with Gasteiger partial charge in [-0.15, -0.1) is 0 Å². The van der Waals surface area contributed by atoms with Crippen LogP contribution >= 0.6 is 0 Å². The molecule has 0 spiro atoms. The third-order valence-electron chi connectivity index (χ3n) is 14.4. The minimum absolute atomic E-state index is 0. The van der Waals surface area contributed by atoms with E-state index in [1.807, 2.05) is 0 Å². The summed E-state index contributed by atoms with van der Waals surface area (Å²) in [6, 6.07) is -5.26. The Balaban J connectivity index is 0. The maximum Gasteiger partial charge on any atom is 1.00 e. The zero-order valence-electron chi connectivity index (χ0n) is 57.5. The number of hydrogen-bond acceptors (Lipinski definition) is 47. The van der Waals surface area contributed by atoms with Crippen LogP contribution in [0, 0.1) is 0 Å². The molecule has 5 heterocycles. The molecule has 0 aliphatic carbocycles. The van der Waals surface area contributed by atoms with Crippen LogP contribution in [0.3, 0.4) is 0 Å². The number of ether oxygens (including phenoxy) is 12. The molecule has 5 fully saturated rings. The van der Waals surface area contributed by atoms with Crippen molar-refractivity contribution in [1.82, 2.24) is 14.3 Å². The van der Waals surface area contributed by atoms with Crippen LogP contribution in [0.4, 0.5) is 0 Å². The summed E-state index contributed by atoms with van der Waals surface area (Å²) in [7, 11) is -32.4. The maximum absolute atomic E-state index is 13.8. The van der Waals surface area contributed by atoms with Crippen molar-refractivity contribution >= 4 is 97.8 Å². The van der Waals surface area contributed by atoms with Crippen LogP contribution in [-0.2, 0) is 155 Å². The number of rotatable bonds is 38. The fraction of sp³-hybridized carbons (Fsp3) is 0.857. The second kappa shape index (κ2) is 48.7. The number of aliphatic imine (C=N–C) groups is 2. The monoisotopic (exact) mass is 1770 g/mol. The molecule has 0 aromatic heterocycles. The summed E-state index contributed by atoms with van der Waals surface area (Å²) in [5, 5.41) is 138. The molecule has 25 atom stereocenters. The summed E-state index contributed by atoms with van der Waals surface area (Å²) in [6.45, 7) is -11.1. The molecule has 1 unspecified atom stereocenters. The number of aliphatic hydroxyl groups excluding tert-OH is 7. The van der Waals surface area contributed by atoms with Gasteiger partial charge in [-0.1, -0.05) is 0 Å². The van der Waals surface area contributed by atoms with Crippen LogP contribution < -0.4 is 212 Å². The minimum atomic E-state index is -5.90. The van der Waals surface area contributed by atoms with E-state index in [2.05, 4.69) is 31.5 Å². The van der Waals surface area contributed by atoms with Gasteiger partial charge in [-0.25, -0.2) is 29.9 Å². The molecule has 5 aliphatic heterocycles. The van der Waals surface area contributed by atoms with Gasteiger partial charge >= 0.3 is 229 Å². The smallest absolute Gasteiger partial charge is 0.860 e. The quantitative estimate of drug-likeness (QED) is 0.0118. The number of nitrogens with one attached hydrogen (secondary N) is 2. The Hall–Kier alpha value is 1.28. The van der Waals surface area contributed by atoms with E-state index in [-0.39, 0.29) is 177 Å². The second-order valence-corrected chi connectivity index (χ2v) is 27.9. The van der Waals surface area contributed by atoms with Gasteiger partial charge in [0.1, 0.15) is 116 Å². The van der Waals surface area contributed by atoms with E-state index in [1.54, 1.807) is 0 Å². The van der Waals surface area contributed by atoms with E-state index in [4.69, 9.17) is 52.1 Å². The van der Waals surface area contributed by atoms with E-state index >= 15 is 0 Å². The molecule has 0 aromatic rings. The van der Waals surface area contributed by atoms with Crippen molar-refractivity contribution in [2.45, 2.75) is 153 Å². The van der Waals surface area contributed by atoms with Gasteiger partial charge < -0.3 is 152 Å². The molecule has 0 bridgehead atoms. The average molecular weight is 1770 g/mol. The van der Waals surface area contributed by atoms with Gasteiger partial charge in [-0.2, -0.15) is 46.8 Å². The van der Waals surface area contributed by atoms with E-state index in [0.29, 0.717) is 4.90 Å². The molecule has 598 valence electrons. The average Bonchev–Trinajstić information content (AvgIpc) is 0.772. The summed E-state index contributed by atoms with van der Waals surface area (Å²) < 4.78 is 282. The van der Waals surface area contributed by atoms with E-state index < -0.39 is 310 Å². The summed E-state index contributed by atoms with van der Waals surface area (Å²) in [5.74, 6) is -11.2. The zero-order valence-corrected chi connectivity index (χ0v) is 74.4. The predicted octanol–water partition coefficient (Wildman–Crippen LogP) is -38.2. The summed E-state index contributed by atoms with van der Waals surface area (Å²) in [5.41, 5.74) is 0. The van der Waals surface area contributed by atoms with Gasteiger partial charge in [0.15, 0.2) is 54.0 Å². The van der Waals surface area contributed by atoms with Crippen LogP contribution in [0.5, 0.6) is 0 Å². The third kappa shape index (κ3) is 35.5. The van der Waals surface area contributed by atoms with Gasteiger partial charge in [-0.3, -0.25) is 27.6 Å². The van der Waals surface area contributed by atoms with Crippen LogP contribution in [0.25, 0.3) is 0 Å². The number of carbonyl (C=O) groups excluding carboxylic acids is 4. The first kappa shape index (κ1) is 112. The predicted molar refractivity (Wildman–Crippen MR) is 294 cm³/mol. The fourth-order valence-corrected chi connectivity index (χ4v) is 12.8. The second-order valence-electron chi connectivity index (χ2n) is 21.3. The number of aliphatic carboxylic acids is 3. The van der Waals surface area contributed by atoms with Crippen molar-refractivity contribution in [3.63, 3.8) is 0 Å². The van der Waals surface area contributed by atoms with Gasteiger partial charge in [0.05, 0.1) is 57.4 Å². The Kier molecular flexibility index (Phi) is 50.1. The number of nitrogens with zero attached hydrogens (tertiary/aromatic N) is 3. The van der Waals surface area contributed by atoms with Crippen LogP contribution in [0.2, 0.25) is 0 Å². The molecule has 5 rings (SSSR count). The molecule has 1 amide bonds. The summed E-state index contributed by atoms with van der Waals surface area (Å²) in [6.07, 6.45) is -57.4. The summed E-state index contributed by atoms with van der Waals surface area (Å²) in [4.78, 5) is 57.7. The molecule has 5 aliphatic rings. The molecule has 109 heavy (non-hydrogen) atoms. The number of carboxylic acids is 3. The van der Waals surface area contributed by atoms with Crippen LogP contribution in [-0.4, -0.2) is 381 Å². The Labute approximate surface area is 749 Å². The standard InChI is InChI=1S/C42H69N5O50S6.6Na/c1-82-41-30(96-102(76,77)78)23(55)28(33(94-41)36(59)60)92-39-17(45-98(64,65)66)19(51)25(12(89-39)7-87-100(70,71)72)84-9-14(48)43-3-5-47(16(50)11-86-27-21(53)22(54)38(63)91-32(27)35(57)58)6-4-44-15(49)10-85-26-13(8-88-101(73,74)75)90-40(18(20(26)52)46-99(67,68)69)93-29-24(56)31(97-103(79,80)81)42(83-2)95-34(29)37(61)62;;;;;;/h12-13,17-34,38-42,45-46,51-56,63H,3-11H2,1-2H3,(H,43,48)(H,44,49)(H,57,58)(H,59,60)(H,61,62)(H,64,65,66)(H,67,68,69)(H,70,71,72)(H,73,74,75)(H,76,77,78)(H,79,80,81);;;;;;/q;6*+1/p-6/t12-,13+,17+,18-,19+,20-,21-,22-,23+,24+,25-,26-,27+,28+,29+,30-,31-,32-,33-,34?,38-,39-,40-,41-,42-;;;;;;/m0....../s1. The van der Waals surface area contributed by atoms with Crippen molar-refractivity contribution in [3.8, 4) is 0 Å². The molecule has 67 heteroatoms. The Bertz CT molecular complexity index is 3500. The van der Waals surface area contributed by atoms with Crippen molar-refractivity contribution in [3.05, 3.63) is 0 Å². The van der Waals surface area contributed by atoms with Gasteiger partial charge in [0.2, 0.25) is 5.91 Å². The fourth-order valence-electron chi connectivity index (χ4n) is 10.0. The number of amides is 1. The van der Waals surface area contributed by atoms with E-state index in [1.165, 1.54) is 9.44 Å². The van der Waals surface area contributed by atoms with Crippen molar-refractivity contribution < 1.29 is 409 Å². The van der Waals surface area contributed by atoms with Crippen molar-refractivity contribution in [2.24, 2.45) is 9.98 Å². The molecule has 55 nitrogen and oxygen atoms in total. The normalized spacial score (nSPS) is 33.5. The van der Waals surface area contributed by atoms with Gasteiger partial charge in [0, 0.05) is 27.3 Å². The number of carbonyl (C=O) groups is 4. The Morgan fingerprint density at radius 1 is 0.431 bits per heavy atom. The molecule has 5 saturated heterocycles. The number of hydrogen-bond donors (Lipinski definition) is 14. The van der Waals surface area contributed by atoms with Crippen LogP contribution in [0.1, 0.15) is 0 Å². The van der Waals surface area contributed by atoms with E-state index in [0.717, 1.165) is 14.2 Å². The Morgan fingerprint density at radius 2 is 0.780 bits per heavy atom. The number of aliphatic hydroxyl groups is 7.